The van der Waals surface area contributed by atoms with Crippen LogP contribution in [0.25, 0.3) is 11.1 Å². The van der Waals surface area contributed by atoms with E-state index in [2.05, 4.69) is 5.32 Å². The molecule has 0 fully saturated rings. The van der Waals surface area contributed by atoms with E-state index < -0.39 is 5.76 Å². The van der Waals surface area contributed by atoms with Crippen molar-refractivity contribution in [1.29, 1.82) is 0 Å². The number of nitrogens with one attached hydrogen (secondary N) is 1. The van der Waals surface area contributed by atoms with Crippen LogP contribution in [0.15, 0.2) is 57.7 Å². The van der Waals surface area contributed by atoms with E-state index in [4.69, 9.17) is 13.9 Å². The van der Waals surface area contributed by atoms with Crippen molar-refractivity contribution in [2.75, 3.05) is 25.1 Å². The monoisotopic (exact) mass is 398 g/mol. The zero-order valence-corrected chi connectivity index (χ0v) is 16.6. The third-order valence-corrected chi connectivity index (χ3v) is 4.41. The van der Waals surface area contributed by atoms with E-state index in [-0.39, 0.29) is 5.91 Å². The molecule has 7 heteroatoms. The van der Waals surface area contributed by atoms with Gasteiger partial charge in [0, 0.05) is 25.3 Å². The molecule has 7 nitrogen and oxygen atoms in total. The minimum absolute atomic E-state index is 0.0970. The second-order valence-corrected chi connectivity index (χ2v) is 6.59. The van der Waals surface area contributed by atoms with Gasteiger partial charge in [-0.25, -0.2) is 4.79 Å². The molecule has 29 heavy (non-hydrogen) atoms. The zero-order valence-electron chi connectivity index (χ0n) is 16.6. The zero-order chi connectivity index (χ0) is 20.5. The van der Waals surface area contributed by atoms with Crippen LogP contribution in [-0.4, -0.2) is 30.3 Å². The number of hydrogen-bond donors (Lipinski definition) is 1. The summed E-state index contributed by atoms with van der Waals surface area (Å²) in [5.74, 6) is -0.496. The number of benzene rings is 2. The van der Waals surface area contributed by atoms with Gasteiger partial charge in [0.15, 0.2) is 5.58 Å². The van der Waals surface area contributed by atoms with Crippen LogP contribution in [0.3, 0.4) is 0 Å². The highest BCUT2D eigenvalue weighted by Crippen LogP contribution is 2.14. The number of aryl methyl sites for hydroxylation is 1. The van der Waals surface area contributed by atoms with Crippen molar-refractivity contribution in [3.63, 3.8) is 0 Å². The summed E-state index contributed by atoms with van der Waals surface area (Å²) in [6.45, 7) is 4.62. The molecule has 0 atom stereocenters. The number of carbonyl (C=O) groups excluding carboxylic acids is 1. The standard InChI is InChI=1S/C22H26N2O5/c1-2-27-13-14-28-16-17-7-5-8-18(15-17)23-21(25)11-6-12-24-19-9-3-4-10-20(19)29-22(24)26/h3-5,7-10,15H,2,6,11-14,16H2,1H3,(H,23,25). The molecule has 2 aromatic carbocycles. The number of anilines is 1. The number of amides is 1. The Morgan fingerprint density at radius 1 is 1.10 bits per heavy atom. The predicted molar refractivity (Wildman–Crippen MR) is 111 cm³/mol. The first-order chi connectivity index (χ1) is 14.2. The van der Waals surface area contributed by atoms with Gasteiger partial charge in [-0.3, -0.25) is 9.36 Å². The molecule has 0 spiro atoms. The molecule has 3 aromatic rings. The normalized spacial score (nSPS) is 11.1. The fourth-order valence-electron chi connectivity index (χ4n) is 3.04. The van der Waals surface area contributed by atoms with Crippen LogP contribution in [0.5, 0.6) is 0 Å². The second-order valence-electron chi connectivity index (χ2n) is 6.59. The SMILES string of the molecule is CCOCCOCc1cccc(NC(=O)CCCn2c(=O)oc3ccccc32)c1. The quantitative estimate of drug-likeness (QED) is 0.499. The highest BCUT2D eigenvalue weighted by atomic mass is 16.5. The summed E-state index contributed by atoms with van der Waals surface area (Å²) in [6.07, 6.45) is 0.844. The Bertz CT molecular complexity index is 992. The number of para-hydroxylation sites is 2. The summed E-state index contributed by atoms with van der Waals surface area (Å²) in [5, 5.41) is 2.89. The number of carbonyl (C=O) groups is 1. The van der Waals surface area contributed by atoms with Crippen molar-refractivity contribution >= 4 is 22.7 Å². The maximum Gasteiger partial charge on any atom is 0.419 e. The summed E-state index contributed by atoms with van der Waals surface area (Å²) >= 11 is 0. The second kappa shape index (κ2) is 10.6. The first-order valence-electron chi connectivity index (χ1n) is 9.80. The Kier molecular flexibility index (Phi) is 7.61. The lowest BCUT2D eigenvalue weighted by atomic mass is 10.2. The van der Waals surface area contributed by atoms with Crippen molar-refractivity contribution in [3.8, 4) is 0 Å². The first-order valence-corrected chi connectivity index (χ1v) is 9.80. The van der Waals surface area contributed by atoms with Gasteiger partial charge in [0.1, 0.15) is 0 Å². The minimum atomic E-state index is -0.399. The molecule has 1 N–H and O–H groups in total. The first kappa shape index (κ1) is 20.8. The highest BCUT2D eigenvalue weighted by molar-refractivity contribution is 5.90. The van der Waals surface area contributed by atoms with Crippen LogP contribution in [0.1, 0.15) is 25.3 Å². The van der Waals surface area contributed by atoms with Gasteiger partial charge in [0.25, 0.3) is 0 Å². The molecule has 1 heterocycles. The third kappa shape index (κ3) is 6.04. The van der Waals surface area contributed by atoms with E-state index in [1.54, 1.807) is 10.6 Å². The van der Waals surface area contributed by atoms with Crippen molar-refractivity contribution in [1.82, 2.24) is 4.57 Å². The predicted octanol–water partition coefficient (Wildman–Crippen LogP) is 3.57. The number of aromatic nitrogens is 1. The number of nitrogens with zero attached hydrogens (tertiary/aromatic N) is 1. The largest absolute Gasteiger partial charge is 0.419 e. The van der Waals surface area contributed by atoms with Gasteiger partial charge in [-0.15, -0.1) is 0 Å². The number of rotatable bonds is 11. The van der Waals surface area contributed by atoms with Gasteiger partial charge >= 0.3 is 5.76 Å². The molecule has 0 saturated carbocycles. The maximum absolute atomic E-state index is 12.3. The average Bonchev–Trinajstić information content (AvgIpc) is 3.03. The molecule has 1 amide bonds. The van der Waals surface area contributed by atoms with Gasteiger partial charge in [-0.2, -0.15) is 0 Å². The van der Waals surface area contributed by atoms with Gasteiger partial charge in [-0.05, 0) is 43.2 Å². The Balaban J connectivity index is 1.46. The lowest BCUT2D eigenvalue weighted by Crippen LogP contribution is -2.17. The van der Waals surface area contributed by atoms with Crippen molar-refractivity contribution in [3.05, 3.63) is 64.6 Å². The number of fused-ring (bicyclic) bond motifs is 1. The number of ether oxygens (including phenoxy) is 2. The van der Waals surface area contributed by atoms with E-state index >= 15 is 0 Å². The van der Waals surface area contributed by atoms with Gasteiger partial charge in [0.2, 0.25) is 5.91 Å². The molecule has 0 aliphatic heterocycles. The molecule has 0 radical (unpaired) electrons. The molecule has 3 rings (SSSR count). The lowest BCUT2D eigenvalue weighted by Gasteiger charge is -2.09. The average molecular weight is 398 g/mol. The number of hydrogen-bond acceptors (Lipinski definition) is 5. The molecule has 0 aliphatic rings. The van der Waals surface area contributed by atoms with Gasteiger partial charge < -0.3 is 19.2 Å². The smallest absolute Gasteiger partial charge is 0.408 e. The van der Waals surface area contributed by atoms with Crippen LogP contribution in [-0.2, 0) is 27.4 Å². The summed E-state index contributed by atoms with van der Waals surface area (Å²) in [6, 6.07) is 14.8. The Morgan fingerprint density at radius 2 is 1.93 bits per heavy atom. The molecule has 0 saturated heterocycles. The van der Waals surface area contributed by atoms with E-state index in [1.807, 2.05) is 49.4 Å². The third-order valence-electron chi connectivity index (χ3n) is 4.41. The lowest BCUT2D eigenvalue weighted by molar-refractivity contribution is -0.116. The van der Waals surface area contributed by atoms with Crippen LogP contribution in [0.2, 0.25) is 0 Å². The molecule has 0 aliphatic carbocycles. The summed E-state index contributed by atoms with van der Waals surface area (Å²) in [4.78, 5) is 24.2. The van der Waals surface area contributed by atoms with Crippen LogP contribution in [0.4, 0.5) is 5.69 Å². The van der Waals surface area contributed by atoms with Crippen molar-refractivity contribution in [2.24, 2.45) is 0 Å². The topological polar surface area (TPSA) is 82.7 Å². The summed E-state index contributed by atoms with van der Waals surface area (Å²) in [5.41, 5.74) is 3.01. The maximum atomic E-state index is 12.3. The van der Waals surface area contributed by atoms with Crippen LogP contribution >= 0.6 is 0 Å². The molecule has 0 bridgehead atoms. The fourth-order valence-corrected chi connectivity index (χ4v) is 3.04. The van der Waals surface area contributed by atoms with E-state index in [1.165, 1.54) is 0 Å². The Labute approximate surface area is 169 Å². The Morgan fingerprint density at radius 3 is 2.79 bits per heavy atom. The number of oxazole rings is 1. The van der Waals surface area contributed by atoms with E-state index in [0.29, 0.717) is 51.4 Å². The van der Waals surface area contributed by atoms with Crippen molar-refractivity contribution < 1.29 is 18.7 Å². The Hall–Kier alpha value is -2.90. The summed E-state index contributed by atoms with van der Waals surface area (Å²) < 4.78 is 17.6. The highest BCUT2D eigenvalue weighted by Gasteiger charge is 2.09. The van der Waals surface area contributed by atoms with Crippen LogP contribution < -0.4 is 11.1 Å². The van der Waals surface area contributed by atoms with Crippen molar-refractivity contribution in [2.45, 2.75) is 32.9 Å². The molecule has 0 unspecified atom stereocenters. The van der Waals surface area contributed by atoms with Crippen LogP contribution in [0, 0.1) is 0 Å². The molecule has 154 valence electrons. The molecular weight excluding hydrogens is 372 g/mol. The van der Waals surface area contributed by atoms with Gasteiger partial charge in [-0.1, -0.05) is 24.3 Å². The van der Waals surface area contributed by atoms with E-state index in [0.717, 1.165) is 16.8 Å². The molecule has 1 aromatic heterocycles. The molecular formula is C22H26N2O5. The fraction of sp³-hybridized carbons (Fsp3) is 0.364. The minimum Gasteiger partial charge on any atom is -0.408 e. The van der Waals surface area contributed by atoms with Gasteiger partial charge in [0.05, 0.1) is 25.3 Å². The van der Waals surface area contributed by atoms with E-state index in [9.17, 15) is 9.59 Å². The summed E-state index contributed by atoms with van der Waals surface area (Å²) in [7, 11) is 0.